The molecule has 0 saturated heterocycles. The third kappa shape index (κ3) is 5.71. The summed E-state index contributed by atoms with van der Waals surface area (Å²) in [4.78, 5) is 8.06. The van der Waals surface area contributed by atoms with E-state index in [2.05, 4.69) is 219 Å². The largest absolute Gasteiger partial charge is 0.334 e. The number of rotatable bonds is 3. The van der Waals surface area contributed by atoms with Crippen LogP contribution in [0.3, 0.4) is 0 Å². The van der Waals surface area contributed by atoms with Crippen molar-refractivity contribution in [1.29, 1.82) is 0 Å². The molecule has 1 fully saturated rings. The molecule has 4 heteroatoms. The lowest BCUT2D eigenvalue weighted by Crippen LogP contribution is -2.62. The molecular formula is C59H66BN3. The Hall–Kier alpha value is -5.22. The third-order valence-corrected chi connectivity index (χ3v) is 16.9. The van der Waals surface area contributed by atoms with Crippen molar-refractivity contribution in [2.24, 2.45) is 0 Å². The number of anilines is 8. The van der Waals surface area contributed by atoms with Gasteiger partial charge in [0.15, 0.2) is 0 Å². The second-order valence-corrected chi connectivity index (χ2v) is 23.7. The molecule has 5 aliphatic rings. The van der Waals surface area contributed by atoms with Gasteiger partial charge in [-0.25, -0.2) is 0 Å². The third-order valence-electron chi connectivity index (χ3n) is 16.9. The normalized spacial score (nSPS) is 22.5. The number of fused-ring (bicyclic) bond motifs is 8. The minimum absolute atomic E-state index is 0.0108. The molecule has 6 aromatic carbocycles. The quantitative estimate of drug-likeness (QED) is 0.164. The maximum absolute atomic E-state index is 2.78. The predicted molar refractivity (Wildman–Crippen MR) is 271 cm³/mol. The molecule has 6 aromatic rings. The molecule has 0 radical (unpaired) electrons. The zero-order valence-corrected chi connectivity index (χ0v) is 40.0. The van der Waals surface area contributed by atoms with E-state index >= 15 is 0 Å². The lowest BCUT2D eigenvalue weighted by atomic mass is 9.33. The van der Waals surface area contributed by atoms with Crippen LogP contribution >= 0.6 is 0 Å². The lowest BCUT2D eigenvalue weighted by molar-refractivity contribution is 0.330. The van der Waals surface area contributed by atoms with E-state index < -0.39 is 0 Å². The van der Waals surface area contributed by atoms with Crippen molar-refractivity contribution in [2.75, 3.05) is 14.7 Å². The van der Waals surface area contributed by atoms with Gasteiger partial charge in [0.2, 0.25) is 0 Å². The highest BCUT2D eigenvalue weighted by atomic mass is 15.3. The van der Waals surface area contributed by atoms with Crippen molar-refractivity contribution in [3.8, 4) is 0 Å². The molecule has 2 unspecified atom stereocenters. The Morgan fingerprint density at radius 2 is 1.00 bits per heavy atom. The van der Waals surface area contributed by atoms with Crippen LogP contribution in [0.2, 0.25) is 0 Å². The van der Waals surface area contributed by atoms with Gasteiger partial charge in [-0.1, -0.05) is 149 Å². The number of benzene rings is 6. The van der Waals surface area contributed by atoms with Gasteiger partial charge in [-0.3, -0.25) is 0 Å². The Kier molecular flexibility index (Phi) is 8.48. The first-order valence-electron chi connectivity index (χ1n) is 23.9. The monoisotopic (exact) mass is 828 g/mol. The Balaban J connectivity index is 1.28. The van der Waals surface area contributed by atoms with Crippen LogP contribution in [0.25, 0.3) is 0 Å². The summed E-state index contributed by atoms with van der Waals surface area (Å²) in [5, 5.41) is 0. The molecule has 3 heterocycles. The van der Waals surface area contributed by atoms with Gasteiger partial charge < -0.3 is 14.7 Å². The van der Waals surface area contributed by atoms with Crippen LogP contribution in [0.1, 0.15) is 143 Å². The highest BCUT2D eigenvalue weighted by Gasteiger charge is 2.60. The molecular weight excluding hydrogens is 761 g/mol. The van der Waals surface area contributed by atoms with Crippen molar-refractivity contribution >= 4 is 68.6 Å². The topological polar surface area (TPSA) is 9.72 Å². The van der Waals surface area contributed by atoms with Crippen molar-refractivity contribution in [1.82, 2.24) is 0 Å². The highest BCUT2D eigenvalue weighted by molar-refractivity contribution is 7.00. The van der Waals surface area contributed by atoms with Gasteiger partial charge in [0.25, 0.3) is 6.71 Å². The molecule has 3 aliphatic heterocycles. The first kappa shape index (κ1) is 40.6. The standard InChI is InChI=1S/C59H66BN3/c1-54(2,3)38-23-26-41(27-24-38)61-49-28-25-39(55(4,5)6)33-46(49)60-47-36-44-45(57(9,10)32-31-56(44,7)8)37-50(47)62(40-19-14-13-15-20-40)52-35-42(34-51(61)53(52)60)63-48-22-17-16-21-43(48)58(11)29-18-30-59(58,63)12/h13-17,19-28,33-37H,18,29-32H2,1-12H3. The van der Waals surface area contributed by atoms with Crippen LogP contribution in [-0.4, -0.2) is 12.3 Å². The second-order valence-electron chi connectivity index (χ2n) is 23.7. The molecule has 320 valence electrons. The fourth-order valence-electron chi connectivity index (χ4n) is 12.8. The average molecular weight is 828 g/mol. The Bertz CT molecular complexity index is 2840. The van der Waals surface area contributed by atoms with Gasteiger partial charge in [-0.15, -0.1) is 0 Å². The number of nitrogens with zero attached hydrogens (tertiary/aromatic N) is 3. The van der Waals surface area contributed by atoms with E-state index in [1.807, 2.05) is 0 Å². The maximum Gasteiger partial charge on any atom is 0.252 e. The van der Waals surface area contributed by atoms with Crippen LogP contribution in [0.5, 0.6) is 0 Å². The predicted octanol–water partition coefficient (Wildman–Crippen LogP) is 14.1. The molecule has 3 nitrogen and oxygen atoms in total. The van der Waals surface area contributed by atoms with Gasteiger partial charge >= 0.3 is 0 Å². The number of hydrogen-bond acceptors (Lipinski definition) is 3. The Morgan fingerprint density at radius 1 is 0.444 bits per heavy atom. The smallest absolute Gasteiger partial charge is 0.252 e. The van der Waals surface area contributed by atoms with E-state index in [1.165, 1.54) is 115 Å². The van der Waals surface area contributed by atoms with E-state index in [4.69, 9.17) is 0 Å². The fourth-order valence-corrected chi connectivity index (χ4v) is 12.8. The molecule has 0 spiro atoms. The molecule has 11 rings (SSSR count). The van der Waals surface area contributed by atoms with Gasteiger partial charge in [0.05, 0.1) is 5.54 Å². The lowest BCUT2D eigenvalue weighted by Gasteiger charge is -2.48. The molecule has 2 aliphatic carbocycles. The van der Waals surface area contributed by atoms with Gasteiger partial charge in [-0.2, -0.15) is 0 Å². The molecule has 0 aromatic heterocycles. The van der Waals surface area contributed by atoms with Gasteiger partial charge in [0.1, 0.15) is 0 Å². The minimum atomic E-state index is -0.0662. The van der Waals surface area contributed by atoms with E-state index in [9.17, 15) is 0 Å². The van der Waals surface area contributed by atoms with E-state index in [0.717, 1.165) is 6.42 Å². The van der Waals surface area contributed by atoms with Crippen molar-refractivity contribution in [3.63, 3.8) is 0 Å². The van der Waals surface area contributed by atoms with Crippen molar-refractivity contribution in [2.45, 2.75) is 148 Å². The summed E-state index contributed by atoms with van der Waals surface area (Å²) < 4.78 is 0. The fraction of sp³-hybridized carbons (Fsp3) is 0.390. The van der Waals surface area contributed by atoms with Crippen molar-refractivity contribution < 1.29 is 0 Å². The Labute approximate surface area is 378 Å². The first-order chi connectivity index (χ1) is 29.7. The molecule has 2 atom stereocenters. The minimum Gasteiger partial charge on any atom is -0.334 e. The summed E-state index contributed by atoms with van der Waals surface area (Å²) in [7, 11) is 0. The zero-order chi connectivity index (χ0) is 44.2. The van der Waals surface area contributed by atoms with E-state index in [1.54, 1.807) is 0 Å². The summed E-state index contributed by atoms with van der Waals surface area (Å²) in [5.74, 6) is 0. The van der Waals surface area contributed by atoms with Crippen LogP contribution in [0.4, 0.5) is 45.5 Å². The first-order valence-corrected chi connectivity index (χ1v) is 23.9. The average Bonchev–Trinajstić information content (AvgIpc) is 3.65. The van der Waals surface area contributed by atoms with Crippen molar-refractivity contribution in [3.05, 3.63) is 149 Å². The zero-order valence-electron chi connectivity index (χ0n) is 40.0. The summed E-state index contributed by atoms with van der Waals surface area (Å²) in [5.41, 5.74) is 21.8. The highest BCUT2D eigenvalue weighted by Crippen LogP contribution is 2.63. The molecule has 0 bridgehead atoms. The van der Waals surface area contributed by atoms with Gasteiger partial charge in [-0.05, 0) is 153 Å². The van der Waals surface area contributed by atoms with Crippen LogP contribution in [-0.2, 0) is 27.1 Å². The summed E-state index contributed by atoms with van der Waals surface area (Å²) in [6.45, 7) is 29.1. The molecule has 1 saturated carbocycles. The maximum atomic E-state index is 2.78. The summed E-state index contributed by atoms with van der Waals surface area (Å²) >= 11 is 0. The number of para-hydroxylation sites is 2. The number of hydrogen-bond donors (Lipinski definition) is 0. The van der Waals surface area contributed by atoms with Crippen LogP contribution < -0.4 is 31.1 Å². The summed E-state index contributed by atoms with van der Waals surface area (Å²) in [6, 6.07) is 48.0. The van der Waals surface area contributed by atoms with Crippen LogP contribution in [0, 0.1) is 0 Å². The second kappa shape index (κ2) is 13.2. The van der Waals surface area contributed by atoms with E-state index in [-0.39, 0.29) is 39.3 Å². The molecule has 63 heavy (non-hydrogen) atoms. The van der Waals surface area contributed by atoms with E-state index in [0.29, 0.717) is 0 Å². The van der Waals surface area contributed by atoms with Gasteiger partial charge in [0, 0.05) is 50.9 Å². The van der Waals surface area contributed by atoms with Crippen LogP contribution in [0.15, 0.2) is 121 Å². The Morgan fingerprint density at radius 3 is 1.65 bits per heavy atom. The molecule has 0 N–H and O–H groups in total. The summed E-state index contributed by atoms with van der Waals surface area (Å²) in [6.07, 6.45) is 5.95. The molecule has 0 amide bonds. The SMILES string of the molecule is CC(C)(C)c1ccc(N2c3ccc(C(C)(C)C)cc3B3c4cc5c(cc4N(c4ccccc4)c4cc(N6c7ccccc7C7(C)CCCC67C)cc2c43)C(C)(C)CCC5(C)C)cc1.